The van der Waals surface area contributed by atoms with Crippen LogP contribution < -0.4 is 5.32 Å². The Hall–Kier alpha value is -1.66. The normalized spacial score (nSPS) is 16.9. The van der Waals surface area contributed by atoms with Crippen LogP contribution in [0.25, 0.3) is 0 Å². The van der Waals surface area contributed by atoms with E-state index in [9.17, 15) is 9.59 Å². The molecule has 1 fully saturated rings. The van der Waals surface area contributed by atoms with E-state index in [1.54, 1.807) is 17.0 Å². The van der Waals surface area contributed by atoms with Gasteiger partial charge in [-0.25, -0.2) is 0 Å². The van der Waals surface area contributed by atoms with Gasteiger partial charge in [0.1, 0.15) is 0 Å². The molecule has 0 aromatic heterocycles. The summed E-state index contributed by atoms with van der Waals surface area (Å²) in [5.41, 5.74) is 1.39. The van der Waals surface area contributed by atoms with Crippen LogP contribution >= 0.6 is 31.9 Å². The molecule has 1 N–H and O–H groups in total. The van der Waals surface area contributed by atoms with E-state index < -0.39 is 0 Å². The van der Waals surface area contributed by atoms with Gasteiger partial charge in [-0.15, -0.1) is 0 Å². The lowest BCUT2D eigenvalue weighted by Crippen LogP contribution is -2.31. The predicted octanol–water partition coefficient (Wildman–Crippen LogP) is 4.31. The van der Waals surface area contributed by atoms with E-state index in [4.69, 9.17) is 0 Å². The molecule has 1 unspecified atom stereocenters. The van der Waals surface area contributed by atoms with E-state index >= 15 is 0 Å². The predicted molar refractivity (Wildman–Crippen MR) is 101 cm³/mol. The number of amides is 2. The third kappa shape index (κ3) is 3.87. The average molecular weight is 452 g/mol. The molecule has 0 bridgehead atoms. The fourth-order valence-electron chi connectivity index (χ4n) is 2.75. The molecule has 0 saturated carbocycles. The number of benzene rings is 2. The molecule has 1 aliphatic rings. The topological polar surface area (TPSA) is 49.4 Å². The van der Waals surface area contributed by atoms with E-state index in [1.807, 2.05) is 36.4 Å². The highest BCUT2D eigenvalue weighted by Crippen LogP contribution is 2.27. The van der Waals surface area contributed by atoms with Crippen molar-refractivity contribution in [3.63, 3.8) is 0 Å². The number of carbonyl (C=O) groups is 2. The van der Waals surface area contributed by atoms with Gasteiger partial charge in [0.05, 0.1) is 11.6 Å². The minimum Gasteiger partial charge on any atom is -0.338 e. The fourth-order valence-corrected chi connectivity index (χ4v) is 3.89. The van der Waals surface area contributed by atoms with Crippen molar-refractivity contribution in [3.8, 4) is 0 Å². The van der Waals surface area contributed by atoms with Crippen molar-refractivity contribution in [3.05, 3.63) is 63.0 Å². The Kier molecular flexibility index (Phi) is 5.36. The van der Waals surface area contributed by atoms with Crippen LogP contribution in [0.4, 0.5) is 5.69 Å². The van der Waals surface area contributed by atoms with Crippen molar-refractivity contribution in [2.45, 2.75) is 6.42 Å². The third-order valence-corrected chi connectivity index (χ3v) is 5.21. The molecule has 2 aromatic carbocycles. The summed E-state index contributed by atoms with van der Waals surface area (Å²) < 4.78 is 1.76. The van der Waals surface area contributed by atoms with Gasteiger partial charge in [-0.1, -0.05) is 34.1 Å². The number of anilines is 1. The molecular weight excluding hydrogens is 436 g/mol. The maximum Gasteiger partial charge on any atom is 0.253 e. The first-order valence-electron chi connectivity index (χ1n) is 7.65. The second kappa shape index (κ2) is 7.49. The highest BCUT2D eigenvalue weighted by molar-refractivity contribution is 9.11. The number of hydrogen-bond acceptors (Lipinski definition) is 2. The first kappa shape index (κ1) is 17.2. The van der Waals surface area contributed by atoms with Crippen LogP contribution in [-0.2, 0) is 4.79 Å². The van der Waals surface area contributed by atoms with Crippen LogP contribution in [0.3, 0.4) is 0 Å². The number of rotatable bonds is 3. The maximum absolute atomic E-state index is 12.5. The lowest BCUT2D eigenvalue weighted by atomic mass is 10.1. The quantitative estimate of drug-likeness (QED) is 0.755. The molecule has 1 heterocycles. The first-order chi connectivity index (χ1) is 11.5. The van der Waals surface area contributed by atoms with Gasteiger partial charge < -0.3 is 10.2 Å². The fraction of sp³-hybridized carbons (Fsp3) is 0.222. The number of likely N-dealkylation sites (tertiary alicyclic amines) is 1. The summed E-state index contributed by atoms with van der Waals surface area (Å²) in [6, 6.07) is 14.8. The van der Waals surface area contributed by atoms with Crippen molar-refractivity contribution in [2.24, 2.45) is 5.92 Å². The highest BCUT2D eigenvalue weighted by Gasteiger charge is 2.31. The van der Waals surface area contributed by atoms with Gasteiger partial charge in [0.2, 0.25) is 5.91 Å². The summed E-state index contributed by atoms with van der Waals surface area (Å²) in [6.07, 6.45) is 0.679. The van der Waals surface area contributed by atoms with Gasteiger partial charge in [0, 0.05) is 27.6 Å². The third-order valence-electron chi connectivity index (χ3n) is 4.06. The van der Waals surface area contributed by atoms with E-state index in [0.717, 1.165) is 14.6 Å². The zero-order valence-corrected chi connectivity index (χ0v) is 16.0. The van der Waals surface area contributed by atoms with E-state index in [-0.39, 0.29) is 17.7 Å². The summed E-state index contributed by atoms with van der Waals surface area (Å²) >= 11 is 6.83. The highest BCUT2D eigenvalue weighted by atomic mass is 79.9. The number of nitrogens with zero attached hydrogens (tertiary/aromatic N) is 1. The van der Waals surface area contributed by atoms with Crippen LogP contribution in [-0.4, -0.2) is 29.8 Å². The summed E-state index contributed by atoms with van der Waals surface area (Å²) in [6.45, 7) is 1.06. The molecule has 0 spiro atoms. The Morgan fingerprint density at radius 3 is 2.54 bits per heavy atom. The smallest absolute Gasteiger partial charge is 0.253 e. The van der Waals surface area contributed by atoms with Gasteiger partial charge in [-0.05, 0) is 52.7 Å². The molecule has 0 aliphatic carbocycles. The zero-order valence-electron chi connectivity index (χ0n) is 12.8. The molecule has 24 heavy (non-hydrogen) atoms. The summed E-state index contributed by atoms with van der Waals surface area (Å²) in [5, 5.41) is 2.93. The monoisotopic (exact) mass is 450 g/mol. The van der Waals surface area contributed by atoms with E-state index in [2.05, 4.69) is 37.2 Å². The molecular formula is C18H16Br2N2O2. The van der Waals surface area contributed by atoms with Crippen LogP contribution in [0.1, 0.15) is 16.8 Å². The summed E-state index contributed by atoms with van der Waals surface area (Å²) in [7, 11) is 0. The summed E-state index contributed by atoms with van der Waals surface area (Å²) in [5.74, 6) is -0.259. The van der Waals surface area contributed by atoms with Crippen molar-refractivity contribution in [1.29, 1.82) is 0 Å². The minimum absolute atomic E-state index is 0.0178. The molecule has 1 aliphatic heterocycles. The number of hydrogen-bond donors (Lipinski definition) is 1. The molecule has 2 amide bonds. The average Bonchev–Trinajstić information content (AvgIpc) is 3.07. The van der Waals surface area contributed by atoms with Gasteiger partial charge in [0.25, 0.3) is 5.91 Å². The second-order valence-electron chi connectivity index (χ2n) is 5.72. The lowest BCUT2D eigenvalue weighted by molar-refractivity contribution is -0.119. The van der Waals surface area contributed by atoms with Crippen molar-refractivity contribution >= 4 is 49.4 Å². The molecule has 1 saturated heterocycles. The first-order valence-corrected chi connectivity index (χ1v) is 9.23. The Bertz CT molecular complexity index is 765. The molecule has 4 nitrogen and oxygen atoms in total. The standard InChI is InChI=1S/C18H16Br2N2O2/c19-14-6-7-16(15(20)10-14)21-17(23)13-8-9-22(11-13)18(24)12-4-2-1-3-5-12/h1-7,10,13H,8-9,11H2,(H,21,23). The molecule has 1 atom stereocenters. The SMILES string of the molecule is O=C(Nc1ccc(Br)cc1Br)C1CCN(C(=O)c2ccccc2)C1. The van der Waals surface area contributed by atoms with Crippen molar-refractivity contribution < 1.29 is 9.59 Å². The minimum atomic E-state index is -0.187. The molecule has 0 radical (unpaired) electrons. The largest absolute Gasteiger partial charge is 0.338 e. The van der Waals surface area contributed by atoms with E-state index in [0.29, 0.717) is 25.1 Å². The van der Waals surface area contributed by atoms with Crippen molar-refractivity contribution in [1.82, 2.24) is 4.90 Å². The number of carbonyl (C=O) groups excluding carboxylic acids is 2. The van der Waals surface area contributed by atoms with Gasteiger partial charge >= 0.3 is 0 Å². The van der Waals surface area contributed by atoms with Gasteiger partial charge in [-0.2, -0.15) is 0 Å². The van der Waals surface area contributed by atoms with Crippen LogP contribution in [0.15, 0.2) is 57.5 Å². The van der Waals surface area contributed by atoms with Crippen LogP contribution in [0.5, 0.6) is 0 Å². The maximum atomic E-state index is 12.5. The van der Waals surface area contributed by atoms with Gasteiger partial charge in [-0.3, -0.25) is 9.59 Å². The van der Waals surface area contributed by atoms with Crippen LogP contribution in [0, 0.1) is 5.92 Å². The Balaban J connectivity index is 1.63. The number of halogens is 2. The molecule has 2 aromatic rings. The molecule has 124 valence electrons. The van der Waals surface area contributed by atoms with E-state index in [1.165, 1.54) is 0 Å². The Labute approximate surface area is 157 Å². The van der Waals surface area contributed by atoms with Gasteiger partial charge in [0.15, 0.2) is 0 Å². The summed E-state index contributed by atoms with van der Waals surface area (Å²) in [4.78, 5) is 26.7. The van der Waals surface area contributed by atoms with Crippen molar-refractivity contribution in [2.75, 3.05) is 18.4 Å². The molecule has 3 rings (SSSR count). The Morgan fingerprint density at radius 1 is 1.08 bits per heavy atom. The zero-order chi connectivity index (χ0) is 17.1. The number of nitrogens with one attached hydrogen (secondary N) is 1. The molecule has 6 heteroatoms. The second-order valence-corrected chi connectivity index (χ2v) is 7.49. The Morgan fingerprint density at radius 2 is 1.83 bits per heavy atom. The van der Waals surface area contributed by atoms with Crippen LogP contribution in [0.2, 0.25) is 0 Å². The lowest BCUT2D eigenvalue weighted by Gasteiger charge is -2.17.